The molecule has 0 aliphatic heterocycles. The van der Waals surface area contributed by atoms with Gasteiger partial charge in [-0.3, -0.25) is 9.59 Å². The van der Waals surface area contributed by atoms with E-state index in [1.54, 1.807) is 35.4 Å². The van der Waals surface area contributed by atoms with Crippen molar-refractivity contribution < 1.29 is 51.1 Å². The van der Waals surface area contributed by atoms with Crippen LogP contribution in [0.4, 0.5) is 0 Å². The van der Waals surface area contributed by atoms with Crippen LogP contribution < -0.4 is 0 Å². The Bertz CT molecular complexity index is 2360. The third kappa shape index (κ3) is 16.5. The first-order valence-corrected chi connectivity index (χ1v) is 34.6. The van der Waals surface area contributed by atoms with Gasteiger partial charge in [-0.25, -0.2) is 0 Å². The van der Waals surface area contributed by atoms with Crippen molar-refractivity contribution in [1.29, 1.82) is 0 Å². The molecular formula is C78H124O6Ti+4. The largest absolute Gasteiger partial charge is 0.443 e. The van der Waals surface area contributed by atoms with Crippen LogP contribution in [0.2, 0.25) is 0 Å². The Morgan fingerprint density at radius 1 is 0.494 bits per heavy atom. The molecule has 2 aromatic rings. The molecule has 0 amide bonds. The van der Waals surface area contributed by atoms with E-state index in [9.17, 15) is 9.59 Å². The fourth-order valence-corrected chi connectivity index (χ4v) is 20.4. The van der Waals surface area contributed by atoms with Crippen molar-refractivity contribution in [3.63, 3.8) is 0 Å². The van der Waals surface area contributed by atoms with E-state index in [-0.39, 0.29) is 57.1 Å². The van der Waals surface area contributed by atoms with Gasteiger partial charge in [-0.1, -0.05) is 180 Å². The van der Waals surface area contributed by atoms with E-state index in [4.69, 9.17) is 19.8 Å². The third-order valence-corrected chi connectivity index (χ3v) is 25.5. The summed E-state index contributed by atoms with van der Waals surface area (Å²) in [5, 5.41) is 16.6. The van der Waals surface area contributed by atoms with E-state index < -0.39 is 0 Å². The number of rotatable bonds is 18. The first-order valence-electron chi connectivity index (χ1n) is 34.6. The van der Waals surface area contributed by atoms with Crippen LogP contribution in [0, 0.1) is 117 Å². The molecule has 8 aliphatic carbocycles. The van der Waals surface area contributed by atoms with Gasteiger partial charge in [0, 0.05) is 61.2 Å². The van der Waals surface area contributed by atoms with Crippen LogP contribution in [0.1, 0.15) is 249 Å². The summed E-state index contributed by atoms with van der Waals surface area (Å²) in [5.41, 5.74) is 6.80. The Hall–Kier alpha value is -3.03. The minimum Gasteiger partial charge on any atom is -0.443 e. The second-order valence-corrected chi connectivity index (χ2v) is 30.9. The average Bonchev–Trinajstić information content (AvgIpc) is 1.77. The van der Waals surface area contributed by atoms with Crippen molar-refractivity contribution in [2.75, 3.05) is 0 Å². The molecule has 6 saturated carbocycles. The molecule has 2 aromatic carbocycles. The summed E-state index contributed by atoms with van der Waals surface area (Å²) in [4.78, 5) is 36.5. The fourth-order valence-electron chi connectivity index (χ4n) is 20.4. The van der Waals surface area contributed by atoms with Gasteiger partial charge in [0.1, 0.15) is 0 Å². The molecule has 10 rings (SSSR count). The molecular weight excluding hydrogens is 1080 g/mol. The second-order valence-electron chi connectivity index (χ2n) is 30.9. The summed E-state index contributed by atoms with van der Waals surface area (Å²) in [6.07, 6.45) is 38.2. The van der Waals surface area contributed by atoms with Crippen molar-refractivity contribution in [3.8, 4) is 0 Å². The maximum atomic E-state index is 9.37. The number of allylic oxidation sites excluding steroid dienone is 2. The second kappa shape index (κ2) is 31.1. The van der Waals surface area contributed by atoms with Crippen molar-refractivity contribution in [3.05, 3.63) is 108 Å². The Labute approximate surface area is 533 Å². The van der Waals surface area contributed by atoms with Crippen molar-refractivity contribution >= 4 is 23.1 Å². The van der Waals surface area contributed by atoms with E-state index in [2.05, 4.69) is 95.2 Å². The van der Waals surface area contributed by atoms with E-state index in [0.717, 1.165) is 109 Å². The zero-order valence-corrected chi connectivity index (χ0v) is 57.7. The van der Waals surface area contributed by atoms with Gasteiger partial charge in [0.15, 0.2) is 12.2 Å². The summed E-state index contributed by atoms with van der Waals surface area (Å²) in [5.74, 6) is 13.1. The maximum Gasteiger partial charge on any atom is 0.247 e. The van der Waals surface area contributed by atoms with Crippen LogP contribution in [0.15, 0.2) is 84.0 Å². The predicted octanol–water partition coefficient (Wildman–Crippen LogP) is 18.2. The summed E-state index contributed by atoms with van der Waals surface area (Å²) in [7, 11) is 0. The number of hydrogen-bond acceptors (Lipinski definition) is 0. The Kier molecular flexibility index (Phi) is 26.0. The van der Waals surface area contributed by atoms with Gasteiger partial charge in [0.05, 0.1) is 0 Å². The molecule has 8 N–H and O–H groups in total. The number of carbonyl (C=O) groups excluding carboxylic acids is 4. The predicted molar refractivity (Wildman–Crippen MR) is 358 cm³/mol. The fraction of sp³-hybridized carbons (Fsp3) is 0.718. The number of fused-ring (bicyclic) bond motifs is 10. The monoisotopic (exact) mass is 1200 g/mol. The standard InChI is InChI=1S/2C29H50O.2C10H9O2.Ti/c2*1-7-21(19(2)3)9-8-20(4)25-12-13-26-24-11-10-22-18-23(30)14-16-28(22,5)27(24)15-17-29(25,26)6;2*1-8(11)7-10(12)9-5-3-2-4-6-9;/h2*10,19-21,23-27,30H,7-9,11-18H2,1-6H3;2*2-7H,1H3;/q;;2*-1;/p+6. The van der Waals surface area contributed by atoms with E-state index in [0.29, 0.717) is 32.8 Å². The summed E-state index contributed by atoms with van der Waals surface area (Å²) < 4.78 is 0. The molecule has 6 fully saturated rings. The Morgan fingerprint density at radius 3 is 1.16 bits per heavy atom. The van der Waals surface area contributed by atoms with Crippen LogP contribution in [-0.4, -0.2) is 64.7 Å². The molecule has 0 bridgehead atoms. The molecule has 0 aromatic heterocycles. The van der Waals surface area contributed by atoms with Gasteiger partial charge in [-0.15, -0.1) is 24.3 Å². The molecule has 8 aliphatic rings. The molecule has 472 valence electrons. The molecule has 18 atom stereocenters. The van der Waals surface area contributed by atoms with Gasteiger partial charge >= 0.3 is 0 Å². The minimum absolute atomic E-state index is 0. The quantitative estimate of drug-likeness (QED) is 0.0351. The Balaban J connectivity index is 0.000000197. The smallest absolute Gasteiger partial charge is 0.247 e. The van der Waals surface area contributed by atoms with Crippen LogP contribution in [0.3, 0.4) is 0 Å². The molecule has 0 heterocycles. The topological polar surface area (TPSA) is 131 Å². The Morgan fingerprint density at radius 2 is 0.847 bits per heavy atom. The average molecular weight is 1210 g/mol. The van der Waals surface area contributed by atoms with Crippen molar-refractivity contribution in [2.45, 2.75) is 250 Å². The van der Waals surface area contributed by atoms with Gasteiger partial charge in [-0.05, 0) is 207 Å². The third-order valence-electron chi connectivity index (χ3n) is 25.5. The molecule has 0 spiro atoms. The van der Waals surface area contributed by atoms with E-state index >= 15 is 0 Å². The number of ketones is 4. The molecule has 0 radical (unpaired) electrons. The molecule has 0 saturated heterocycles. The SMILES string of the molecule is CC(=[OH+])[CH-]C(=[OH+])c1ccccc1.CC(=[OH+])[CH-]C(=[OH+])c1ccccc1.CCC(CCC(C)C1CCC2C3CC=C4CC([OH2+])CCC4(C)C3CCC12C)C(C)C.CCC(CCC(C)C1CCC2C3CC=C4CC([OH2+])CCC4(C)C3CCC12C)C(C)C.[Ti]. The maximum absolute atomic E-state index is 9.37. The normalized spacial score (nSPS) is 34.6. The summed E-state index contributed by atoms with van der Waals surface area (Å²) in [6, 6.07) is 18.1. The number of hydrogen-bond donors (Lipinski definition) is 0. The molecule has 6 nitrogen and oxygen atoms in total. The summed E-state index contributed by atoms with van der Waals surface area (Å²) >= 11 is 0. The van der Waals surface area contributed by atoms with Gasteiger partial charge in [0.25, 0.3) is 0 Å². The molecule has 7 heteroatoms. The molecule has 85 heavy (non-hydrogen) atoms. The zero-order chi connectivity index (χ0) is 61.3. The van der Waals surface area contributed by atoms with Crippen molar-refractivity contribution in [2.24, 2.45) is 105 Å². The number of benzene rings is 2. The van der Waals surface area contributed by atoms with E-state index in [1.165, 1.54) is 142 Å². The van der Waals surface area contributed by atoms with Crippen LogP contribution >= 0.6 is 0 Å². The van der Waals surface area contributed by atoms with E-state index in [1.807, 2.05) is 36.4 Å². The molecule has 18 unspecified atom stereocenters. The zero-order valence-electron chi connectivity index (χ0n) is 56.2. The first-order chi connectivity index (χ1) is 39.8. The van der Waals surface area contributed by atoms with Crippen LogP contribution in [0.25, 0.3) is 0 Å². The van der Waals surface area contributed by atoms with Crippen LogP contribution in [-0.2, 0) is 21.7 Å². The van der Waals surface area contributed by atoms with Gasteiger partial charge < -0.3 is 19.8 Å². The van der Waals surface area contributed by atoms with Crippen molar-refractivity contribution in [1.82, 2.24) is 0 Å². The minimum atomic E-state index is 0. The summed E-state index contributed by atoms with van der Waals surface area (Å²) in [6.45, 7) is 33.3. The van der Waals surface area contributed by atoms with Gasteiger partial charge in [-0.2, -0.15) is 0 Å². The van der Waals surface area contributed by atoms with Crippen LogP contribution in [0.5, 0.6) is 0 Å². The first kappa shape index (κ1) is 71.1. The van der Waals surface area contributed by atoms with Gasteiger partial charge in [0.2, 0.25) is 23.1 Å².